The third-order valence-corrected chi connectivity index (χ3v) is 3.18. The first kappa shape index (κ1) is 13.5. The first-order valence-corrected chi connectivity index (χ1v) is 6.35. The predicted molar refractivity (Wildman–Crippen MR) is 69.8 cm³/mol. The Kier molecular flexibility index (Phi) is 4.48. The molecule has 100 valence electrons. The van der Waals surface area contributed by atoms with Crippen molar-refractivity contribution in [3.05, 3.63) is 30.1 Å². The zero-order chi connectivity index (χ0) is 13.7. The third-order valence-electron chi connectivity index (χ3n) is 3.18. The quantitative estimate of drug-likeness (QED) is 0.905. The molecule has 1 amide bonds. The van der Waals surface area contributed by atoms with Crippen LogP contribution in [0.1, 0.15) is 12.8 Å². The van der Waals surface area contributed by atoms with Crippen molar-refractivity contribution in [3.8, 4) is 6.07 Å². The van der Waals surface area contributed by atoms with Gasteiger partial charge in [-0.2, -0.15) is 5.26 Å². The van der Waals surface area contributed by atoms with Crippen molar-refractivity contribution in [2.24, 2.45) is 5.92 Å². The van der Waals surface area contributed by atoms with E-state index in [1.54, 1.807) is 0 Å². The molecule has 2 rings (SSSR count). The van der Waals surface area contributed by atoms with E-state index in [2.05, 4.69) is 11.4 Å². The molecule has 1 saturated heterocycles. The molecule has 1 heterocycles. The van der Waals surface area contributed by atoms with E-state index in [1.807, 2.05) is 4.90 Å². The Labute approximate surface area is 111 Å². The van der Waals surface area contributed by atoms with Crippen LogP contribution in [0.4, 0.5) is 10.1 Å². The number of hydrogen-bond acceptors (Lipinski definition) is 3. The Morgan fingerprint density at radius 1 is 1.47 bits per heavy atom. The molecular formula is C14H16FN3O. The van der Waals surface area contributed by atoms with E-state index in [1.165, 1.54) is 24.3 Å². The Hall–Kier alpha value is -1.93. The molecule has 1 aliphatic heterocycles. The molecule has 1 atom stereocenters. The third kappa shape index (κ3) is 4.04. The van der Waals surface area contributed by atoms with Crippen molar-refractivity contribution in [1.82, 2.24) is 4.90 Å². The Bertz CT molecular complexity index is 480. The lowest BCUT2D eigenvalue weighted by atomic mass is 10.00. The van der Waals surface area contributed by atoms with Crippen LogP contribution in [0.25, 0.3) is 0 Å². The molecule has 1 N–H and O–H groups in total. The Balaban J connectivity index is 1.84. The molecule has 1 aromatic rings. The fourth-order valence-electron chi connectivity index (χ4n) is 2.24. The van der Waals surface area contributed by atoms with E-state index in [-0.39, 0.29) is 24.2 Å². The largest absolute Gasteiger partial charge is 0.325 e. The molecule has 19 heavy (non-hydrogen) atoms. The maximum atomic E-state index is 12.7. The molecule has 1 aromatic carbocycles. The summed E-state index contributed by atoms with van der Waals surface area (Å²) in [5.41, 5.74) is 0.584. The van der Waals surface area contributed by atoms with E-state index < -0.39 is 0 Å². The number of carbonyl (C=O) groups is 1. The summed E-state index contributed by atoms with van der Waals surface area (Å²) in [6.07, 6.45) is 1.86. The minimum Gasteiger partial charge on any atom is -0.325 e. The lowest BCUT2D eigenvalue weighted by Gasteiger charge is -2.28. The van der Waals surface area contributed by atoms with Gasteiger partial charge in [0.2, 0.25) is 5.91 Å². The highest BCUT2D eigenvalue weighted by Gasteiger charge is 2.21. The highest BCUT2D eigenvalue weighted by molar-refractivity contribution is 5.92. The summed E-state index contributed by atoms with van der Waals surface area (Å²) < 4.78 is 12.7. The van der Waals surface area contributed by atoms with Crippen molar-refractivity contribution >= 4 is 11.6 Å². The minimum atomic E-state index is -0.328. The topological polar surface area (TPSA) is 56.1 Å². The molecule has 5 heteroatoms. The molecule has 1 fully saturated rings. The molecule has 0 saturated carbocycles. The van der Waals surface area contributed by atoms with Crippen LogP contribution in [0.5, 0.6) is 0 Å². The second-order valence-corrected chi connectivity index (χ2v) is 4.76. The normalized spacial score (nSPS) is 19.7. The monoisotopic (exact) mass is 261 g/mol. The molecule has 0 radical (unpaired) electrons. The zero-order valence-corrected chi connectivity index (χ0v) is 10.6. The van der Waals surface area contributed by atoms with Gasteiger partial charge in [0.15, 0.2) is 0 Å². The highest BCUT2D eigenvalue weighted by atomic mass is 19.1. The van der Waals surface area contributed by atoms with Crippen LogP contribution in [0.2, 0.25) is 0 Å². The molecule has 1 unspecified atom stereocenters. The number of hydrogen-bond donors (Lipinski definition) is 1. The number of rotatable bonds is 3. The lowest BCUT2D eigenvalue weighted by Crippen LogP contribution is -2.40. The van der Waals surface area contributed by atoms with Crippen LogP contribution in [0.15, 0.2) is 24.3 Å². The molecule has 0 aliphatic carbocycles. The second-order valence-electron chi connectivity index (χ2n) is 4.76. The maximum absolute atomic E-state index is 12.7. The summed E-state index contributed by atoms with van der Waals surface area (Å²) in [5, 5.41) is 11.6. The SMILES string of the molecule is N#CC1CCCN(CC(=O)Nc2ccc(F)cc2)C1. The number of nitriles is 1. The van der Waals surface area contributed by atoms with Gasteiger partial charge in [-0.1, -0.05) is 0 Å². The van der Waals surface area contributed by atoms with Gasteiger partial charge >= 0.3 is 0 Å². The van der Waals surface area contributed by atoms with Crippen LogP contribution in [0.3, 0.4) is 0 Å². The van der Waals surface area contributed by atoms with Crippen molar-refractivity contribution in [3.63, 3.8) is 0 Å². The van der Waals surface area contributed by atoms with Crippen LogP contribution >= 0.6 is 0 Å². The lowest BCUT2D eigenvalue weighted by molar-refractivity contribution is -0.117. The predicted octanol–water partition coefficient (Wildman–Crippen LogP) is 2.00. The average molecular weight is 261 g/mol. The first-order chi connectivity index (χ1) is 9.17. The molecule has 0 spiro atoms. The van der Waals surface area contributed by atoms with Gasteiger partial charge in [-0.15, -0.1) is 0 Å². The first-order valence-electron chi connectivity index (χ1n) is 6.35. The highest BCUT2D eigenvalue weighted by Crippen LogP contribution is 2.15. The van der Waals surface area contributed by atoms with E-state index in [0.717, 1.165) is 19.4 Å². The van der Waals surface area contributed by atoms with Gasteiger partial charge in [0.05, 0.1) is 18.5 Å². The number of nitrogens with one attached hydrogen (secondary N) is 1. The fourth-order valence-corrected chi connectivity index (χ4v) is 2.24. The van der Waals surface area contributed by atoms with Gasteiger partial charge in [0.1, 0.15) is 5.82 Å². The average Bonchev–Trinajstić information content (AvgIpc) is 2.41. The van der Waals surface area contributed by atoms with E-state index >= 15 is 0 Å². The Morgan fingerprint density at radius 2 is 2.21 bits per heavy atom. The van der Waals surface area contributed by atoms with E-state index in [0.29, 0.717) is 12.2 Å². The van der Waals surface area contributed by atoms with Crippen molar-refractivity contribution in [1.29, 1.82) is 5.26 Å². The standard InChI is InChI=1S/C14H16FN3O/c15-12-3-5-13(6-4-12)17-14(19)10-18-7-1-2-11(8-16)9-18/h3-6,11H,1-2,7,9-10H2,(H,17,19). The molecule has 4 nitrogen and oxygen atoms in total. The number of nitrogens with zero attached hydrogens (tertiary/aromatic N) is 2. The smallest absolute Gasteiger partial charge is 0.238 e. The van der Waals surface area contributed by atoms with Gasteiger partial charge < -0.3 is 5.32 Å². The van der Waals surface area contributed by atoms with E-state index in [4.69, 9.17) is 5.26 Å². The number of halogens is 1. The molecule has 0 bridgehead atoms. The summed E-state index contributed by atoms with van der Waals surface area (Å²) in [6, 6.07) is 7.92. The number of amides is 1. The van der Waals surface area contributed by atoms with Gasteiger partial charge in [-0.25, -0.2) is 4.39 Å². The minimum absolute atomic E-state index is 0.0207. The summed E-state index contributed by atoms with van der Waals surface area (Å²) >= 11 is 0. The number of carbonyl (C=O) groups excluding carboxylic acids is 1. The number of benzene rings is 1. The van der Waals surface area contributed by atoms with Crippen LogP contribution in [-0.2, 0) is 4.79 Å². The Morgan fingerprint density at radius 3 is 2.89 bits per heavy atom. The summed E-state index contributed by atoms with van der Waals surface area (Å²) in [4.78, 5) is 13.8. The number of anilines is 1. The van der Waals surface area contributed by atoms with E-state index in [9.17, 15) is 9.18 Å². The van der Waals surface area contributed by atoms with Gasteiger partial charge in [-0.05, 0) is 43.7 Å². The fraction of sp³-hybridized carbons (Fsp3) is 0.429. The van der Waals surface area contributed by atoms with Crippen LogP contribution in [-0.4, -0.2) is 30.4 Å². The van der Waals surface area contributed by atoms with Gasteiger partial charge in [-0.3, -0.25) is 9.69 Å². The summed E-state index contributed by atoms with van der Waals surface area (Å²) in [5.74, 6) is -0.441. The van der Waals surface area contributed by atoms with Crippen molar-refractivity contribution in [2.45, 2.75) is 12.8 Å². The molecule has 0 aromatic heterocycles. The summed E-state index contributed by atoms with van der Waals surface area (Å²) in [6.45, 7) is 1.76. The summed E-state index contributed by atoms with van der Waals surface area (Å²) in [7, 11) is 0. The molecule has 1 aliphatic rings. The van der Waals surface area contributed by atoms with Crippen LogP contribution in [0, 0.1) is 23.1 Å². The maximum Gasteiger partial charge on any atom is 0.238 e. The van der Waals surface area contributed by atoms with Crippen molar-refractivity contribution in [2.75, 3.05) is 25.0 Å². The zero-order valence-electron chi connectivity index (χ0n) is 10.6. The van der Waals surface area contributed by atoms with Gasteiger partial charge in [0.25, 0.3) is 0 Å². The number of likely N-dealkylation sites (tertiary alicyclic amines) is 1. The van der Waals surface area contributed by atoms with Gasteiger partial charge in [0, 0.05) is 12.2 Å². The number of piperidine rings is 1. The second kappa shape index (κ2) is 6.30. The van der Waals surface area contributed by atoms with Crippen LogP contribution < -0.4 is 5.32 Å². The van der Waals surface area contributed by atoms with Crippen molar-refractivity contribution < 1.29 is 9.18 Å². The molecular weight excluding hydrogens is 245 g/mol.